The number of piperazine rings is 1. The molecule has 1 saturated heterocycles. The van der Waals surface area contributed by atoms with Crippen LogP contribution in [-0.2, 0) is 4.79 Å². The molecule has 8 heteroatoms. The fourth-order valence-corrected chi connectivity index (χ4v) is 4.26. The van der Waals surface area contributed by atoms with E-state index in [1.54, 1.807) is 0 Å². The summed E-state index contributed by atoms with van der Waals surface area (Å²) in [7, 11) is 0. The number of aromatic nitrogens is 2. The number of amides is 1. The summed E-state index contributed by atoms with van der Waals surface area (Å²) in [6.45, 7) is 5.51. The minimum Gasteiger partial charge on any atom is -0.368 e. The first-order valence-corrected chi connectivity index (χ1v) is 11.5. The highest BCUT2D eigenvalue weighted by molar-refractivity contribution is 7.99. The maximum absolute atomic E-state index is 12.2. The zero-order valence-corrected chi connectivity index (χ0v) is 18.9. The first-order chi connectivity index (χ1) is 15.1. The highest BCUT2D eigenvalue weighted by Gasteiger charge is 2.19. The molecule has 1 aliphatic rings. The van der Waals surface area contributed by atoms with Crippen molar-refractivity contribution in [1.82, 2.24) is 10.2 Å². The van der Waals surface area contributed by atoms with Crippen LogP contribution in [0.25, 0.3) is 0 Å². The summed E-state index contributed by atoms with van der Waals surface area (Å²) < 4.78 is 0. The number of halogens is 1. The van der Waals surface area contributed by atoms with Crippen LogP contribution in [-0.4, -0.2) is 48.0 Å². The Morgan fingerprint density at radius 1 is 1.00 bits per heavy atom. The van der Waals surface area contributed by atoms with Gasteiger partial charge in [0, 0.05) is 42.6 Å². The lowest BCUT2D eigenvalue weighted by molar-refractivity contribution is -0.113. The zero-order valence-electron chi connectivity index (χ0n) is 17.3. The van der Waals surface area contributed by atoms with Crippen LogP contribution in [0, 0.1) is 6.92 Å². The van der Waals surface area contributed by atoms with Crippen molar-refractivity contribution < 1.29 is 4.79 Å². The third kappa shape index (κ3) is 5.68. The standard InChI is InChI=1S/C23H24ClN5OS/c1-17-5-2-3-8-20(17)25-22(30)16-31-23-10-9-21(26-27-23)29-13-11-28(12-14-29)19-7-4-6-18(24)15-19/h2-10,15H,11-14,16H2,1H3,(H,25,30). The number of hydrogen-bond donors (Lipinski definition) is 1. The van der Waals surface area contributed by atoms with E-state index in [0.29, 0.717) is 5.75 Å². The Kier molecular flexibility index (Phi) is 6.94. The van der Waals surface area contributed by atoms with Crippen LogP contribution in [0.3, 0.4) is 0 Å². The number of benzene rings is 2. The van der Waals surface area contributed by atoms with E-state index < -0.39 is 0 Å². The van der Waals surface area contributed by atoms with E-state index in [1.807, 2.05) is 61.5 Å². The highest BCUT2D eigenvalue weighted by atomic mass is 35.5. The maximum Gasteiger partial charge on any atom is 0.234 e. The van der Waals surface area contributed by atoms with E-state index in [4.69, 9.17) is 11.6 Å². The summed E-state index contributed by atoms with van der Waals surface area (Å²) in [6.07, 6.45) is 0. The molecular formula is C23H24ClN5OS. The van der Waals surface area contributed by atoms with E-state index in [1.165, 1.54) is 11.8 Å². The lowest BCUT2D eigenvalue weighted by atomic mass is 10.2. The van der Waals surface area contributed by atoms with Gasteiger partial charge in [-0.3, -0.25) is 4.79 Å². The van der Waals surface area contributed by atoms with E-state index in [9.17, 15) is 4.79 Å². The van der Waals surface area contributed by atoms with Gasteiger partial charge in [0.05, 0.1) is 5.75 Å². The normalized spacial score (nSPS) is 13.9. The SMILES string of the molecule is Cc1ccccc1NC(=O)CSc1ccc(N2CCN(c3cccc(Cl)c3)CC2)nn1. The van der Waals surface area contributed by atoms with Gasteiger partial charge in [-0.15, -0.1) is 10.2 Å². The van der Waals surface area contributed by atoms with Crippen molar-refractivity contribution >= 4 is 46.5 Å². The molecule has 1 aliphatic heterocycles. The summed E-state index contributed by atoms with van der Waals surface area (Å²) in [5, 5.41) is 13.1. The number of hydrogen-bond acceptors (Lipinski definition) is 6. The van der Waals surface area contributed by atoms with Crippen LogP contribution in [0.1, 0.15) is 5.56 Å². The Morgan fingerprint density at radius 3 is 2.48 bits per heavy atom. The van der Waals surface area contributed by atoms with Gasteiger partial charge in [0.15, 0.2) is 5.82 Å². The summed E-state index contributed by atoms with van der Waals surface area (Å²) in [6, 6.07) is 19.6. The van der Waals surface area contributed by atoms with Crippen molar-refractivity contribution in [2.24, 2.45) is 0 Å². The molecule has 1 fully saturated rings. The average Bonchev–Trinajstić information content (AvgIpc) is 2.80. The Balaban J connectivity index is 1.27. The molecule has 0 spiro atoms. The minimum atomic E-state index is -0.0534. The Bertz CT molecular complexity index is 1040. The second-order valence-corrected chi connectivity index (χ2v) is 8.77. The van der Waals surface area contributed by atoms with Crippen LogP contribution in [0.5, 0.6) is 0 Å². The van der Waals surface area contributed by atoms with Crippen molar-refractivity contribution in [2.45, 2.75) is 11.9 Å². The van der Waals surface area contributed by atoms with Crippen LogP contribution >= 0.6 is 23.4 Å². The van der Waals surface area contributed by atoms with Crippen molar-refractivity contribution in [3.05, 3.63) is 71.2 Å². The number of para-hydroxylation sites is 1. The largest absolute Gasteiger partial charge is 0.368 e. The molecule has 0 atom stereocenters. The molecule has 6 nitrogen and oxygen atoms in total. The molecule has 1 N–H and O–H groups in total. The predicted molar refractivity (Wildman–Crippen MR) is 128 cm³/mol. The molecule has 0 bridgehead atoms. The highest BCUT2D eigenvalue weighted by Crippen LogP contribution is 2.23. The topological polar surface area (TPSA) is 61.4 Å². The molecule has 3 aromatic rings. The average molecular weight is 454 g/mol. The third-order valence-corrected chi connectivity index (χ3v) is 6.33. The first-order valence-electron chi connectivity index (χ1n) is 10.2. The van der Waals surface area contributed by atoms with Crippen molar-refractivity contribution in [3.63, 3.8) is 0 Å². The van der Waals surface area contributed by atoms with Crippen LogP contribution < -0.4 is 15.1 Å². The number of carbonyl (C=O) groups is 1. The zero-order chi connectivity index (χ0) is 21.6. The Hall–Kier alpha value is -2.77. The predicted octanol–water partition coefficient (Wildman–Crippen LogP) is 4.50. The van der Waals surface area contributed by atoms with Gasteiger partial charge < -0.3 is 15.1 Å². The molecule has 0 saturated carbocycles. The maximum atomic E-state index is 12.2. The molecule has 2 heterocycles. The molecule has 4 rings (SSSR count). The van der Waals surface area contributed by atoms with Crippen LogP contribution in [0.2, 0.25) is 5.02 Å². The smallest absolute Gasteiger partial charge is 0.234 e. The number of nitrogens with one attached hydrogen (secondary N) is 1. The summed E-state index contributed by atoms with van der Waals surface area (Å²) in [4.78, 5) is 16.8. The van der Waals surface area contributed by atoms with Gasteiger partial charge in [-0.1, -0.05) is 47.6 Å². The Morgan fingerprint density at radius 2 is 1.77 bits per heavy atom. The number of nitrogens with zero attached hydrogens (tertiary/aromatic N) is 4. The number of rotatable bonds is 6. The molecule has 1 amide bonds. The Labute approximate surface area is 191 Å². The summed E-state index contributed by atoms with van der Waals surface area (Å²) >= 11 is 7.50. The van der Waals surface area contributed by atoms with Gasteiger partial charge in [0.1, 0.15) is 5.03 Å². The van der Waals surface area contributed by atoms with E-state index in [0.717, 1.165) is 59.0 Å². The number of thioether (sulfide) groups is 1. The quantitative estimate of drug-likeness (QED) is 0.554. The molecule has 2 aromatic carbocycles. The van der Waals surface area contributed by atoms with Crippen molar-refractivity contribution in [1.29, 1.82) is 0 Å². The van der Waals surface area contributed by atoms with E-state index in [2.05, 4.69) is 31.4 Å². The number of carbonyl (C=O) groups excluding carboxylic acids is 1. The molecule has 0 unspecified atom stereocenters. The fourth-order valence-electron chi connectivity index (χ4n) is 3.46. The number of aryl methyl sites for hydroxylation is 1. The van der Waals surface area contributed by atoms with Crippen LogP contribution in [0.4, 0.5) is 17.2 Å². The first kappa shape index (κ1) is 21.5. The van der Waals surface area contributed by atoms with Crippen molar-refractivity contribution in [3.8, 4) is 0 Å². The van der Waals surface area contributed by atoms with Crippen LogP contribution in [0.15, 0.2) is 65.7 Å². The van der Waals surface area contributed by atoms with Gasteiger partial charge in [0.2, 0.25) is 5.91 Å². The van der Waals surface area contributed by atoms with Crippen molar-refractivity contribution in [2.75, 3.05) is 47.0 Å². The van der Waals surface area contributed by atoms with E-state index in [-0.39, 0.29) is 5.91 Å². The molecule has 1 aromatic heterocycles. The fraction of sp³-hybridized carbons (Fsp3) is 0.261. The van der Waals surface area contributed by atoms with Gasteiger partial charge in [0.25, 0.3) is 0 Å². The van der Waals surface area contributed by atoms with Gasteiger partial charge in [-0.05, 0) is 48.9 Å². The lowest BCUT2D eigenvalue weighted by Crippen LogP contribution is -2.46. The summed E-state index contributed by atoms with van der Waals surface area (Å²) in [5.41, 5.74) is 3.03. The third-order valence-electron chi connectivity index (χ3n) is 5.17. The minimum absolute atomic E-state index is 0.0534. The summed E-state index contributed by atoms with van der Waals surface area (Å²) in [5.74, 6) is 1.10. The van der Waals surface area contributed by atoms with E-state index >= 15 is 0 Å². The number of anilines is 3. The molecule has 160 valence electrons. The van der Waals surface area contributed by atoms with Gasteiger partial charge in [-0.25, -0.2) is 0 Å². The monoisotopic (exact) mass is 453 g/mol. The molecular weight excluding hydrogens is 430 g/mol. The molecule has 0 aliphatic carbocycles. The lowest BCUT2D eigenvalue weighted by Gasteiger charge is -2.36. The van der Waals surface area contributed by atoms with Gasteiger partial charge in [-0.2, -0.15) is 0 Å². The molecule has 31 heavy (non-hydrogen) atoms. The van der Waals surface area contributed by atoms with Gasteiger partial charge >= 0.3 is 0 Å². The second-order valence-electron chi connectivity index (χ2n) is 7.34. The second kappa shape index (κ2) is 10.0. The molecule has 0 radical (unpaired) electrons.